The molecule has 3 aliphatic rings. The minimum absolute atomic E-state index is 0.0290. The number of hydrogen-bond donors (Lipinski definition) is 1. The van der Waals surface area contributed by atoms with Crippen LogP contribution in [0.4, 0.5) is 0 Å². The molecule has 242 valence electrons. The molecule has 0 fully saturated rings. The largest absolute Gasteiger partial charge is 0.205 e. The molecular weight excluding hydrogens is 599 g/mol. The summed E-state index contributed by atoms with van der Waals surface area (Å²) in [4.78, 5) is 0. The van der Waals surface area contributed by atoms with E-state index in [4.69, 9.17) is 0 Å². The van der Waals surface area contributed by atoms with Crippen LogP contribution in [-0.4, -0.2) is 17.3 Å². The van der Waals surface area contributed by atoms with Crippen molar-refractivity contribution in [2.75, 3.05) is 6.54 Å². The van der Waals surface area contributed by atoms with E-state index in [0.29, 0.717) is 5.92 Å². The number of nitrogens with zero attached hydrogens (tertiary/aromatic N) is 1. The van der Waals surface area contributed by atoms with Gasteiger partial charge in [-0.15, -0.1) is 0 Å². The summed E-state index contributed by atoms with van der Waals surface area (Å²) < 4.78 is 2.37. The lowest BCUT2D eigenvalue weighted by Gasteiger charge is -2.21. The number of hydrogen-bond acceptors (Lipinski definition) is 1. The van der Waals surface area contributed by atoms with Gasteiger partial charge in [0, 0.05) is 17.2 Å². The van der Waals surface area contributed by atoms with Crippen molar-refractivity contribution in [2.24, 2.45) is 0 Å². The van der Waals surface area contributed by atoms with Gasteiger partial charge in [-0.1, -0.05) is 143 Å². The summed E-state index contributed by atoms with van der Waals surface area (Å²) in [5.74, 6) is 0.523. The monoisotopic (exact) mass is 646 g/mol. The van der Waals surface area contributed by atoms with Crippen LogP contribution in [-0.2, 0) is 4.75 Å². The molecule has 0 spiro atoms. The van der Waals surface area contributed by atoms with Gasteiger partial charge in [-0.05, 0) is 97.5 Å². The predicted molar refractivity (Wildman–Crippen MR) is 215 cm³/mol. The standard InChI is InChI=1S/C34H28N.C10H14S.C2H6/c1-2-23-16-19-35-20-17-25(18-21-35)33-29-11-5-6-12-30(29)34(31-15-14-26(23)22-32(31)33)28-13-7-9-24-8-3-4-10-27(24)28;1-3-10(2,11)9-7-5-4-6-8-9;1-2/h3-15,17-20,22-23H,2,16,21H2,1H3;4-8,11H,3H2,1-2H3;1-2H3/q+1;;. The lowest BCUT2D eigenvalue weighted by Crippen LogP contribution is -2.11. The third kappa shape index (κ3) is 6.51. The fourth-order valence-electron chi connectivity index (χ4n) is 7.13. The summed E-state index contributed by atoms with van der Waals surface area (Å²) in [6.07, 6.45) is 12.6. The number of benzene rings is 6. The minimum atomic E-state index is 0.0290. The zero-order valence-corrected chi connectivity index (χ0v) is 30.0. The Balaban J connectivity index is 0.000000263. The molecule has 3 heterocycles. The van der Waals surface area contributed by atoms with Crippen molar-refractivity contribution in [1.82, 2.24) is 0 Å². The molecule has 6 aromatic carbocycles. The summed E-state index contributed by atoms with van der Waals surface area (Å²) in [5, 5.41) is 7.96. The van der Waals surface area contributed by atoms with Gasteiger partial charge in [0.2, 0.25) is 0 Å². The predicted octanol–water partition coefficient (Wildman–Crippen LogP) is 13.0. The van der Waals surface area contributed by atoms with E-state index in [-0.39, 0.29) is 4.75 Å². The molecule has 0 saturated carbocycles. The molecule has 0 saturated heterocycles. The van der Waals surface area contributed by atoms with Gasteiger partial charge < -0.3 is 0 Å². The van der Waals surface area contributed by atoms with Crippen LogP contribution in [0.25, 0.3) is 49.0 Å². The average Bonchev–Trinajstić information content (AvgIpc) is 3.19. The van der Waals surface area contributed by atoms with Crippen molar-refractivity contribution >= 4 is 56.7 Å². The molecule has 4 bridgehead atoms. The maximum absolute atomic E-state index is 4.58. The van der Waals surface area contributed by atoms with Gasteiger partial charge in [0.1, 0.15) is 6.21 Å². The highest BCUT2D eigenvalue weighted by Gasteiger charge is 2.23. The fraction of sp³-hybridized carbons (Fsp3) is 0.239. The van der Waals surface area contributed by atoms with E-state index in [2.05, 4.69) is 172 Å². The van der Waals surface area contributed by atoms with Crippen LogP contribution >= 0.6 is 12.6 Å². The molecule has 3 aliphatic heterocycles. The average molecular weight is 647 g/mol. The van der Waals surface area contributed by atoms with Crippen LogP contribution in [0.5, 0.6) is 0 Å². The van der Waals surface area contributed by atoms with E-state index in [1.165, 1.54) is 65.7 Å². The van der Waals surface area contributed by atoms with E-state index in [1.54, 1.807) is 0 Å². The molecular formula is C46H48NS+. The van der Waals surface area contributed by atoms with Gasteiger partial charge >= 0.3 is 0 Å². The number of fused-ring (bicyclic) bond motifs is 5. The van der Waals surface area contributed by atoms with Crippen LogP contribution in [0.2, 0.25) is 0 Å². The Morgan fingerprint density at radius 1 is 0.708 bits per heavy atom. The fourth-order valence-corrected chi connectivity index (χ4v) is 7.28. The molecule has 48 heavy (non-hydrogen) atoms. The van der Waals surface area contributed by atoms with Crippen LogP contribution in [0.1, 0.15) is 76.5 Å². The molecule has 2 unspecified atom stereocenters. The Hall–Kier alpha value is -4.40. The van der Waals surface area contributed by atoms with Gasteiger partial charge in [-0.3, -0.25) is 0 Å². The van der Waals surface area contributed by atoms with Crippen LogP contribution in [0.15, 0.2) is 134 Å². The first kappa shape index (κ1) is 33.5. The Kier molecular flexibility index (Phi) is 10.3. The Labute approximate surface area is 292 Å². The molecule has 2 heteroatoms. The summed E-state index contributed by atoms with van der Waals surface area (Å²) >= 11 is 4.58. The van der Waals surface area contributed by atoms with Crippen molar-refractivity contribution in [3.05, 3.63) is 150 Å². The van der Waals surface area contributed by atoms with Crippen molar-refractivity contribution in [2.45, 2.75) is 64.5 Å². The van der Waals surface area contributed by atoms with E-state index < -0.39 is 0 Å². The quantitative estimate of drug-likeness (QED) is 0.110. The van der Waals surface area contributed by atoms with E-state index in [1.807, 2.05) is 19.9 Å². The van der Waals surface area contributed by atoms with E-state index >= 15 is 0 Å². The lowest BCUT2D eigenvalue weighted by molar-refractivity contribution is -0.442. The second-order valence-electron chi connectivity index (χ2n) is 12.8. The normalized spacial score (nSPS) is 16.2. The van der Waals surface area contributed by atoms with Gasteiger partial charge in [0.15, 0.2) is 12.7 Å². The van der Waals surface area contributed by atoms with E-state index in [0.717, 1.165) is 25.8 Å². The number of rotatable bonds is 4. The zero-order valence-electron chi connectivity index (χ0n) is 29.1. The molecule has 1 nitrogen and oxygen atoms in total. The zero-order chi connectivity index (χ0) is 33.7. The summed E-state index contributed by atoms with van der Waals surface area (Å²) in [7, 11) is 0. The Morgan fingerprint density at radius 3 is 2.04 bits per heavy atom. The smallest absolute Gasteiger partial charge is 0.169 e. The molecule has 0 N–H and O–H groups in total. The highest BCUT2D eigenvalue weighted by molar-refractivity contribution is 7.81. The Bertz CT molecular complexity index is 2140. The highest BCUT2D eigenvalue weighted by atomic mass is 32.1. The van der Waals surface area contributed by atoms with Crippen LogP contribution in [0.3, 0.4) is 0 Å². The summed E-state index contributed by atoms with van der Waals surface area (Å²) in [6, 6.07) is 42.1. The van der Waals surface area contributed by atoms with Crippen LogP contribution < -0.4 is 0 Å². The molecule has 0 amide bonds. The number of allylic oxidation sites excluding steroid dienone is 2. The second kappa shape index (κ2) is 14.8. The van der Waals surface area contributed by atoms with Crippen molar-refractivity contribution < 1.29 is 4.58 Å². The Morgan fingerprint density at radius 2 is 1.35 bits per heavy atom. The second-order valence-corrected chi connectivity index (χ2v) is 13.8. The molecule has 9 rings (SSSR count). The van der Waals surface area contributed by atoms with Gasteiger partial charge in [0.05, 0.1) is 0 Å². The maximum atomic E-state index is 4.58. The first-order valence-corrected chi connectivity index (χ1v) is 18.2. The van der Waals surface area contributed by atoms with Crippen molar-refractivity contribution in [3.63, 3.8) is 0 Å². The SMILES string of the molecule is CC.CCC(C)(S)c1ccccc1.CCC1CC=[N+]2C=CC(=CC2)c2c3ccccc3c(-c3cccc4ccccc34)c3ccc1cc23. The van der Waals surface area contributed by atoms with Gasteiger partial charge in [0.25, 0.3) is 0 Å². The third-order valence-electron chi connectivity index (χ3n) is 10.0. The van der Waals surface area contributed by atoms with Crippen LogP contribution in [0, 0.1) is 0 Å². The molecule has 0 aromatic heterocycles. The van der Waals surface area contributed by atoms with Crippen molar-refractivity contribution in [3.8, 4) is 11.1 Å². The summed E-state index contributed by atoms with van der Waals surface area (Å²) in [6.45, 7) is 11.5. The van der Waals surface area contributed by atoms with Gasteiger partial charge in [-0.2, -0.15) is 12.6 Å². The number of thiol groups is 1. The van der Waals surface area contributed by atoms with Crippen molar-refractivity contribution in [1.29, 1.82) is 0 Å². The lowest BCUT2D eigenvalue weighted by atomic mass is 9.82. The molecule has 0 aliphatic carbocycles. The topological polar surface area (TPSA) is 3.01 Å². The first-order chi connectivity index (χ1) is 23.5. The molecule has 0 radical (unpaired) electrons. The molecule has 2 atom stereocenters. The maximum Gasteiger partial charge on any atom is 0.169 e. The molecule has 6 aromatic rings. The minimum Gasteiger partial charge on any atom is -0.205 e. The first-order valence-electron chi connectivity index (χ1n) is 17.7. The van der Waals surface area contributed by atoms with Gasteiger partial charge in [-0.25, -0.2) is 4.58 Å². The third-order valence-corrected chi connectivity index (χ3v) is 10.6. The van der Waals surface area contributed by atoms with E-state index in [9.17, 15) is 0 Å². The highest BCUT2D eigenvalue weighted by Crippen LogP contribution is 2.45. The summed E-state index contributed by atoms with van der Waals surface area (Å²) in [5.41, 5.74) is 8.10.